The molecule has 2 aliphatic heterocycles. The molecule has 3 aromatic carbocycles. The van der Waals surface area contributed by atoms with Gasteiger partial charge in [0.2, 0.25) is 3.79 Å². The smallest absolute Gasteiger partial charge is 0.411 e. The summed E-state index contributed by atoms with van der Waals surface area (Å²) in [6, 6.07) is 21.4. The highest BCUT2D eigenvalue weighted by atomic mass is 35.6. The summed E-state index contributed by atoms with van der Waals surface area (Å²) in [5, 5.41) is 1.17. The van der Waals surface area contributed by atoms with E-state index < -0.39 is 39.3 Å². The number of fused-ring (bicyclic) bond motifs is 2. The molecule has 0 N–H and O–H groups in total. The maximum absolute atomic E-state index is 14.8. The number of carbonyl (C=O) groups excluding carboxylic acids is 3. The van der Waals surface area contributed by atoms with Crippen LogP contribution in [-0.4, -0.2) is 93.2 Å². The topological polar surface area (TPSA) is 88.6 Å². The Balaban J connectivity index is 1.50. The highest BCUT2D eigenvalue weighted by Gasteiger charge is 2.52. The Hall–Kier alpha value is -3.34. The Labute approximate surface area is 354 Å². The third-order valence-electron chi connectivity index (χ3n) is 9.80. The van der Waals surface area contributed by atoms with Crippen molar-refractivity contribution in [1.82, 2.24) is 14.7 Å². The van der Waals surface area contributed by atoms with Gasteiger partial charge in [-0.2, -0.15) is 0 Å². The van der Waals surface area contributed by atoms with Crippen LogP contribution in [0.15, 0.2) is 78.4 Å². The lowest BCUT2D eigenvalue weighted by Crippen LogP contribution is -2.66. The Morgan fingerprint density at radius 1 is 0.804 bits per heavy atom. The number of likely N-dealkylation sites (N-methyl/N-ethyl adjacent to an activating group) is 1. The van der Waals surface area contributed by atoms with E-state index >= 15 is 0 Å². The minimum atomic E-state index is -1.95. The Morgan fingerprint density at radius 2 is 1.45 bits per heavy atom. The summed E-state index contributed by atoms with van der Waals surface area (Å²) in [5.74, 6) is 0.341. The molecule has 2 heterocycles. The second kappa shape index (κ2) is 18.1. The zero-order chi connectivity index (χ0) is 41.0. The maximum Gasteiger partial charge on any atom is 0.411 e. The van der Waals surface area contributed by atoms with Crippen molar-refractivity contribution >= 4 is 81.7 Å². The number of rotatable bonds is 11. The van der Waals surface area contributed by atoms with Crippen molar-refractivity contribution in [3.8, 4) is 5.75 Å². The first kappa shape index (κ1) is 43.8. The van der Waals surface area contributed by atoms with Gasteiger partial charge in [-0.05, 0) is 101 Å². The molecule has 14 heteroatoms. The van der Waals surface area contributed by atoms with Gasteiger partial charge in [0.25, 0.3) is 5.91 Å². The second-order valence-electron chi connectivity index (χ2n) is 15.6. The lowest BCUT2D eigenvalue weighted by Gasteiger charge is -2.51. The van der Waals surface area contributed by atoms with Gasteiger partial charge in [-0.15, -0.1) is 0 Å². The maximum atomic E-state index is 14.8. The van der Waals surface area contributed by atoms with Crippen LogP contribution < -0.4 is 4.74 Å². The molecule has 0 aliphatic carbocycles. The standard InChI is InChI=1S/C42H48Cl5N3O6/c1-40(2,3)55-38(52)49-25-30-24-31(28-19-17-27(18-20-28)12-11-23-54-35-16-10-9-15-33(35)44)36(37(51)48(6)22-21-29-13-7-8-14-32(29)43)34(26-49)50(30)39(53)56-41(4,5)42(45,46)47/h7-10,13-20,30,34H,11-12,21-26H2,1-6H3. The first-order valence-electron chi connectivity index (χ1n) is 18.5. The number of alkyl halides is 3. The van der Waals surface area contributed by atoms with E-state index in [0.29, 0.717) is 40.9 Å². The Kier molecular flexibility index (Phi) is 14.1. The summed E-state index contributed by atoms with van der Waals surface area (Å²) < 4.78 is 15.6. The summed E-state index contributed by atoms with van der Waals surface area (Å²) in [7, 11) is 1.72. The van der Waals surface area contributed by atoms with Gasteiger partial charge < -0.3 is 24.0 Å². The van der Waals surface area contributed by atoms with Crippen LogP contribution in [0.25, 0.3) is 5.57 Å². The molecular formula is C42H48Cl5N3O6. The minimum Gasteiger partial charge on any atom is -0.492 e. The molecule has 302 valence electrons. The summed E-state index contributed by atoms with van der Waals surface area (Å²) in [6.45, 7) is 9.31. The van der Waals surface area contributed by atoms with E-state index in [1.165, 1.54) is 18.7 Å². The molecule has 2 atom stereocenters. The van der Waals surface area contributed by atoms with Crippen molar-refractivity contribution in [2.75, 3.05) is 33.3 Å². The summed E-state index contributed by atoms with van der Waals surface area (Å²) in [4.78, 5) is 47.3. The number of benzene rings is 3. The van der Waals surface area contributed by atoms with Crippen LogP contribution in [0.1, 0.15) is 64.2 Å². The van der Waals surface area contributed by atoms with Crippen LogP contribution in [0.3, 0.4) is 0 Å². The van der Waals surface area contributed by atoms with Gasteiger partial charge in [-0.1, -0.05) is 113 Å². The molecule has 1 fully saturated rings. The molecule has 5 rings (SSSR count). The number of hydrogen-bond donors (Lipinski definition) is 0. The lowest BCUT2D eigenvalue weighted by atomic mass is 9.81. The fourth-order valence-electron chi connectivity index (χ4n) is 6.72. The number of nitrogens with zero attached hydrogens (tertiary/aromatic N) is 3. The molecule has 3 amide bonds. The molecule has 2 bridgehead atoms. The van der Waals surface area contributed by atoms with Gasteiger partial charge in [0.05, 0.1) is 23.7 Å². The third-order valence-corrected chi connectivity index (χ3v) is 11.8. The van der Waals surface area contributed by atoms with Crippen molar-refractivity contribution in [1.29, 1.82) is 0 Å². The summed E-state index contributed by atoms with van der Waals surface area (Å²) in [6.07, 6.45) is 0.947. The molecular weight excluding hydrogens is 820 g/mol. The van der Waals surface area contributed by atoms with Gasteiger partial charge in [0, 0.05) is 37.3 Å². The molecule has 0 aromatic heterocycles. The van der Waals surface area contributed by atoms with Crippen LogP contribution in [0.2, 0.25) is 10.0 Å². The zero-order valence-electron chi connectivity index (χ0n) is 32.4. The van der Waals surface area contributed by atoms with Crippen LogP contribution >= 0.6 is 58.0 Å². The van der Waals surface area contributed by atoms with E-state index in [0.717, 1.165) is 35.1 Å². The largest absolute Gasteiger partial charge is 0.492 e. The van der Waals surface area contributed by atoms with Crippen LogP contribution in [-0.2, 0) is 27.1 Å². The van der Waals surface area contributed by atoms with E-state index in [4.69, 9.17) is 72.2 Å². The predicted molar refractivity (Wildman–Crippen MR) is 224 cm³/mol. The monoisotopic (exact) mass is 865 g/mol. The Morgan fingerprint density at radius 3 is 2.07 bits per heavy atom. The van der Waals surface area contributed by atoms with Crippen LogP contribution in [0, 0.1) is 0 Å². The highest BCUT2D eigenvalue weighted by molar-refractivity contribution is 6.68. The van der Waals surface area contributed by atoms with Gasteiger partial charge in [-0.3, -0.25) is 9.69 Å². The van der Waals surface area contributed by atoms with Crippen molar-refractivity contribution in [2.24, 2.45) is 0 Å². The second-order valence-corrected chi connectivity index (χ2v) is 18.7. The summed E-state index contributed by atoms with van der Waals surface area (Å²) in [5.41, 5.74) is 1.66. The number of hydrogen-bond acceptors (Lipinski definition) is 6. The SMILES string of the molecule is CN(CCc1ccccc1Cl)C(=O)C1=C(c2ccc(CCCOc3ccccc3Cl)cc2)CC2CN(C(=O)OC(C)(C)C)CC1N2C(=O)OC(C)(C)C(Cl)(Cl)Cl. The average molecular weight is 868 g/mol. The van der Waals surface area contributed by atoms with Gasteiger partial charge in [-0.25, -0.2) is 9.59 Å². The molecule has 9 nitrogen and oxygen atoms in total. The van der Waals surface area contributed by atoms with E-state index in [1.54, 1.807) is 43.7 Å². The number of amides is 3. The predicted octanol–water partition coefficient (Wildman–Crippen LogP) is 10.4. The number of piperazine rings is 1. The van der Waals surface area contributed by atoms with Crippen molar-refractivity contribution < 1.29 is 28.6 Å². The van der Waals surface area contributed by atoms with Crippen LogP contribution in [0.5, 0.6) is 5.75 Å². The fourth-order valence-corrected chi connectivity index (χ4v) is 7.26. The molecule has 2 aliphatic rings. The number of halogens is 5. The summed E-state index contributed by atoms with van der Waals surface area (Å²) >= 11 is 31.4. The number of ether oxygens (including phenoxy) is 3. The number of para-hydroxylation sites is 1. The molecule has 2 unspecified atom stereocenters. The lowest BCUT2D eigenvalue weighted by molar-refractivity contribution is -0.127. The van der Waals surface area contributed by atoms with Gasteiger partial charge >= 0.3 is 12.2 Å². The van der Waals surface area contributed by atoms with E-state index in [1.807, 2.05) is 66.7 Å². The van der Waals surface area contributed by atoms with E-state index in [9.17, 15) is 14.4 Å². The van der Waals surface area contributed by atoms with Crippen molar-refractivity contribution in [2.45, 2.75) is 87.4 Å². The number of carbonyl (C=O) groups is 3. The third kappa shape index (κ3) is 10.8. The molecule has 1 saturated heterocycles. The van der Waals surface area contributed by atoms with Gasteiger partial charge in [0.15, 0.2) is 5.60 Å². The van der Waals surface area contributed by atoms with E-state index in [2.05, 4.69) is 0 Å². The molecule has 0 radical (unpaired) electrons. The first-order chi connectivity index (χ1) is 26.3. The number of aryl methyl sites for hydroxylation is 1. The molecule has 0 spiro atoms. The van der Waals surface area contributed by atoms with Crippen molar-refractivity contribution in [3.63, 3.8) is 0 Å². The molecule has 56 heavy (non-hydrogen) atoms. The van der Waals surface area contributed by atoms with Gasteiger partial charge in [0.1, 0.15) is 11.4 Å². The van der Waals surface area contributed by atoms with Crippen molar-refractivity contribution in [3.05, 3.63) is 105 Å². The fraction of sp³-hybridized carbons (Fsp3) is 0.452. The normalized spacial score (nSPS) is 17.4. The minimum absolute atomic E-state index is 0.0266. The zero-order valence-corrected chi connectivity index (χ0v) is 36.2. The highest BCUT2D eigenvalue weighted by Crippen LogP contribution is 2.44. The quantitative estimate of drug-likeness (QED) is 0.141. The Bertz CT molecular complexity index is 1920. The first-order valence-corrected chi connectivity index (χ1v) is 20.4. The average Bonchev–Trinajstić information content (AvgIpc) is 3.11. The van der Waals surface area contributed by atoms with Crippen LogP contribution in [0.4, 0.5) is 9.59 Å². The molecule has 0 saturated carbocycles. The molecule has 3 aromatic rings. The van der Waals surface area contributed by atoms with E-state index in [-0.39, 0.29) is 25.4 Å².